The van der Waals surface area contributed by atoms with Crippen molar-refractivity contribution < 1.29 is 13.2 Å². The minimum atomic E-state index is -3.41. The van der Waals surface area contributed by atoms with Gasteiger partial charge in [-0.3, -0.25) is 4.79 Å². The Morgan fingerprint density at radius 2 is 1.74 bits per heavy atom. The number of thiophene rings is 1. The Hall–Kier alpha value is -1.61. The zero-order valence-electron chi connectivity index (χ0n) is 15.5. The van der Waals surface area contributed by atoms with Crippen LogP contribution in [0.25, 0.3) is 0 Å². The van der Waals surface area contributed by atoms with E-state index in [0.717, 1.165) is 10.4 Å². The fraction of sp³-hybridized carbons (Fsp3) is 0.389. The van der Waals surface area contributed by atoms with Crippen LogP contribution in [0.2, 0.25) is 0 Å². The molecule has 0 radical (unpaired) electrons. The lowest BCUT2D eigenvalue weighted by Crippen LogP contribution is -2.30. The van der Waals surface area contributed by atoms with Gasteiger partial charge < -0.3 is 11.1 Å². The van der Waals surface area contributed by atoms with Gasteiger partial charge in [0.1, 0.15) is 4.21 Å². The molecule has 0 spiro atoms. The number of nitrogens with two attached hydrogens (primary N) is 1. The molecule has 1 aromatic heterocycles. The summed E-state index contributed by atoms with van der Waals surface area (Å²) in [5.74, 6) is -0.0673. The Balaban J connectivity index is 0.00000364. The predicted molar refractivity (Wildman–Crippen MR) is 113 cm³/mol. The Morgan fingerprint density at radius 1 is 1.11 bits per heavy atom. The van der Waals surface area contributed by atoms with Crippen LogP contribution in [-0.2, 0) is 27.7 Å². The number of hydrogen-bond acceptors (Lipinski definition) is 5. The fourth-order valence-corrected chi connectivity index (χ4v) is 5.50. The molecule has 6 nitrogen and oxygen atoms in total. The van der Waals surface area contributed by atoms with Crippen LogP contribution in [0.15, 0.2) is 40.6 Å². The fourth-order valence-electron chi connectivity index (χ4n) is 2.53. The van der Waals surface area contributed by atoms with Crippen molar-refractivity contribution in [3.05, 3.63) is 46.8 Å². The van der Waals surface area contributed by atoms with Crippen molar-refractivity contribution in [3.63, 3.8) is 0 Å². The van der Waals surface area contributed by atoms with Crippen LogP contribution in [0.4, 0.5) is 5.69 Å². The molecule has 150 valence electrons. The third-order valence-corrected chi connectivity index (χ3v) is 7.64. The number of benzene rings is 1. The molecular formula is C18H26ClN3O3S2. The smallest absolute Gasteiger partial charge is 0.252 e. The van der Waals surface area contributed by atoms with E-state index in [2.05, 4.69) is 5.32 Å². The second-order valence-electron chi connectivity index (χ2n) is 5.83. The van der Waals surface area contributed by atoms with E-state index in [-0.39, 0.29) is 18.3 Å². The van der Waals surface area contributed by atoms with Gasteiger partial charge in [0, 0.05) is 30.2 Å². The summed E-state index contributed by atoms with van der Waals surface area (Å²) in [5, 5.41) is 2.86. The number of hydrogen-bond donors (Lipinski definition) is 2. The molecule has 27 heavy (non-hydrogen) atoms. The third kappa shape index (κ3) is 6.49. The van der Waals surface area contributed by atoms with Gasteiger partial charge in [-0.1, -0.05) is 26.0 Å². The van der Waals surface area contributed by atoms with Crippen LogP contribution < -0.4 is 11.1 Å². The number of carbonyl (C=O) groups excluding carboxylic acids is 1. The number of nitrogens with one attached hydrogen (secondary N) is 1. The molecule has 1 heterocycles. The van der Waals surface area contributed by atoms with Crippen molar-refractivity contribution in [2.45, 2.75) is 30.9 Å². The SMILES string of the molecule is CCN(CC)S(=O)(=O)c1ccc(CCNC(=O)Cc2ccc(N)cc2)s1.Cl. The number of nitrogen functional groups attached to an aromatic ring is 1. The topological polar surface area (TPSA) is 92.5 Å². The highest BCUT2D eigenvalue weighted by molar-refractivity contribution is 7.91. The first-order valence-corrected chi connectivity index (χ1v) is 10.8. The number of carbonyl (C=O) groups is 1. The van der Waals surface area contributed by atoms with Crippen molar-refractivity contribution in [1.29, 1.82) is 0 Å². The largest absolute Gasteiger partial charge is 0.399 e. The van der Waals surface area contributed by atoms with Gasteiger partial charge in [-0.15, -0.1) is 23.7 Å². The van der Waals surface area contributed by atoms with Gasteiger partial charge in [-0.05, 0) is 36.2 Å². The zero-order valence-corrected chi connectivity index (χ0v) is 17.9. The third-order valence-electron chi connectivity index (χ3n) is 3.97. The molecular weight excluding hydrogens is 406 g/mol. The highest BCUT2D eigenvalue weighted by Gasteiger charge is 2.23. The van der Waals surface area contributed by atoms with Gasteiger partial charge in [0.05, 0.1) is 6.42 Å². The number of halogens is 1. The first-order chi connectivity index (χ1) is 12.4. The average molecular weight is 432 g/mol. The standard InChI is InChI=1S/C18H25N3O3S2.ClH/c1-3-21(4-2)26(23,24)18-10-9-16(25-18)11-12-20-17(22)13-14-5-7-15(19)8-6-14;/h5-10H,3-4,11-13,19H2,1-2H3,(H,20,22);1H. The summed E-state index contributed by atoms with van der Waals surface area (Å²) >= 11 is 1.26. The lowest BCUT2D eigenvalue weighted by Gasteiger charge is -2.16. The Bertz CT molecular complexity index is 832. The van der Waals surface area contributed by atoms with E-state index in [1.807, 2.05) is 32.0 Å². The van der Waals surface area contributed by atoms with Gasteiger partial charge in [-0.2, -0.15) is 4.31 Å². The first-order valence-electron chi connectivity index (χ1n) is 8.56. The van der Waals surface area contributed by atoms with E-state index in [0.29, 0.717) is 42.4 Å². The second-order valence-corrected chi connectivity index (χ2v) is 9.16. The molecule has 0 atom stereocenters. The van der Waals surface area contributed by atoms with E-state index in [4.69, 9.17) is 5.73 Å². The summed E-state index contributed by atoms with van der Waals surface area (Å²) in [6.45, 7) is 5.03. The molecule has 0 aliphatic carbocycles. The van der Waals surface area contributed by atoms with Crippen LogP contribution in [0.3, 0.4) is 0 Å². The summed E-state index contributed by atoms with van der Waals surface area (Å²) in [7, 11) is -3.41. The Morgan fingerprint density at radius 3 is 2.33 bits per heavy atom. The van der Waals surface area contributed by atoms with Crippen LogP contribution >= 0.6 is 23.7 Å². The molecule has 0 aliphatic rings. The molecule has 0 unspecified atom stereocenters. The molecule has 1 aromatic carbocycles. The Kier molecular flexibility index (Phi) is 9.25. The maximum Gasteiger partial charge on any atom is 0.252 e. The minimum Gasteiger partial charge on any atom is -0.399 e. The number of sulfonamides is 1. The normalized spacial score (nSPS) is 11.2. The average Bonchev–Trinajstić information content (AvgIpc) is 3.07. The minimum absolute atomic E-state index is 0. The summed E-state index contributed by atoms with van der Waals surface area (Å²) in [6.07, 6.45) is 0.901. The van der Waals surface area contributed by atoms with Crippen molar-refractivity contribution in [2.24, 2.45) is 0 Å². The van der Waals surface area contributed by atoms with Crippen molar-refractivity contribution >= 4 is 45.4 Å². The Labute approximate surface area is 171 Å². The molecule has 0 saturated carbocycles. The van der Waals surface area contributed by atoms with E-state index in [1.54, 1.807) is 18.2 Å². The van der Waals surface area contributed by atoms with E-state index in [1.165, 1.54) is 15.6 Å². The maximum absolute atomic E-state index is 12.5. The maximum atomic E-state index is 12.5. The van der Waals surface area contributed by atoms with Crippen LogP contribution in [-0.4, -0.2) is 38.3 Å². The lowest BCUT2D eigenvalue weighted by atomic mass is 10.1. The highest BCUT2D eigenvalue weighted by atomic mass is 35.5. The summed E-state index contributed by atoms with van der Waals surface area (Å²) in [6, 6.07) is 10.7. The number of anilines is 1. The van der Waals surface area contributed by atoms with Crippen LogP contribution in [0.5, 0.6) is 0 Å². The van der Waals surface area contributed by atoms with Crippen LogP contribution in [0, 0.1) is 0 Å². The first kappa shape index (κ1) is 23.4. The lowest BCUT2D eigenvalue weighted by molar-refractivity contribution is -0.120. The van der Waals surface area contributed by atoms with Crippen LogP contribution in [0.1, 0.15) is 24.3 Å². The number of rotatable bonds is 9. The van der Waals surface area contributed by atoms with Gasteiger partial charge in [0.2, 0.25) is 5.91 Å². The van der Waals surface area contributed by atoms with Crippen molar-refractivity contribution in [3.8, 4) is 0 Å². The molecule has 0 saturated heterocycles. The molecule has 0 bridgehead atoms. The van der Waals surface area contributed by atoms with Gasteiger partial charge >= 0.3 is 0 Å². The van der Waals surface area contributed by atoms with E-state index >= 15 is 0 Å². The van der Waals surface area contributed by atoms with E-state index < -0.39 is 10.0 Å². The summed E-state index contributed by atoms with van der Waals surface area (Å²) < 4.78 is 26.7. The molecule has 9 heteroatoms. The van der Waals surface area contributed by atoms with Gasteiger partial charge in [0.25, 0.3) is 10.0 Å². The molecule has 3 N–H and O–H groups in total. The zero-order chi connectivity index (χ0) is 19.2. The van der Waals surface area contributed by atoms with E-state index in [9.17, 15) is 13.2 Å². The molecule has 1 amide bonds. The quantitative estimate of drug-likeness (QED) is 0.597. The summed E-state index contributed by atoms with van der Waals surface area (Å²) in [4.78, 5) is 12.9. The molecule has 0 fully saturated rings. The monoisotopic (exact) mass is 431 g/mol. The summed E-state index contributed by atoms with van der Waals surface area (Å²) in [5.41, 5.74) is 7.20. The number of nitrogens with zero attached hydrogens (tertiary/aromatic N) is 1. The van der Waals surface area contributed by atoms with Crippen molar-refractivity contribution in [1.82, 2.24) is 9.62 Å². The molecule has 2 aromatic rings. The molecule has 2 rings (SSSR count). The van der Waals surface area contributed by atoms with Gasteiger partial charge in [0.15, 0.2) is 0 Å². The number of amides is 1. The highest BCUT2D eigenvalue weighted by Crippen LogP contribution is 2.25. The molecule has 0 aliphatic heterocycles. The van der Waals surface area contributed by atoms with Crippen molar-refractivity contribution in [2.75, 3.05) is 25.4 Å². The van der Waals surface area contributed by atoms with Gasteiger partial charge in [-0.25, -0.2) is 8.42 Å². The predicted octanol–water partition coefficient (Wildman–Crippen LogP) is 2.68. The second kappa shape index (κ2) is 10.7.